The molecule has 2 amide bonds. The lowest BCUT2D eigenvalue weighted by Crippen LogP contribution is -2.36. The molecular weight excluding hydrogens is 270 g/mol. The maximum absolute atomic E-state index is 11.9. The molecular formula is C15H23N3O3. The van der Waals surface area contributed by atoms with Gasteiger partial charge in [0.1, 0.15) is 11.5 Å². The normalized spacial score (nSPS) is 14.8. The minimum absolute atomic E-state index is 0.235. The quantitative estimate of drug-likeness (QED) is 0.841. The summed E-state index contributed by atoms with van der Waals surface area (Å²) in [5.41, 5.74) is 0.593. The summed E-state index contributed by atoms with van der Waals surface area (Å²) in [6.45, 7) is 3.79. The maximum Gasteiger partial charge on any atom is 0.319 e. The van der Waals surface area contributed by atoms with Crippen LogP contribution in [-0.2, 0) is 0 Å². The number of hydrogen-bond acceptors (Lipinski definition) is 4. The van der Waals surface area contributed by atoms with E-state index >= 15 is 0 Å². The average Bonchev–Trinajstić information content (AvgIpc) is 3.00. The van der Waals surface area contributed by atoms with Crippen molar-refractivity contribution in [1.82, 2.24) is 10.2 Å². The standard InChI is InChI=1S/C15H23N3O3/c1-20-12-5-6-14(21-2)13(11-12)17-15(19)16-7-10-18-8-3-4-9-18/h5-6,11H,3-4,7-10H2,1-2H3,(H2,16,17,19). The Bertz CT molecular complexity index is 473. The van der Waals surface area contributed by atoms with Crippen LogP contribution in [0.4, 0.5) is 10.5 Å². The number of nitrogens with zero attached hydrogens (tertiary/aromatic N) is 1. The van der Waals surface area contributed by atoms with E-state index in [4.69, 9.17) is 9.47 Å². The number of rotatable bonds is 6. The van der Waals surface area contributed by atoms with Crippen LogP contribution in [0.15, 0.2) is 18.2 Å². The minimum Gasteiger partial charge on any atom is -0.497 e. The molecule has 0 atom stereocenters. The summed E-state index contributed by atoms with van der Waals surface area (Å²) in [5, 5.41) is 5.65. The average molecular weight is 293 g/mol. The van der Waals surface area contributed by atoms with Crippen molar-refractivity contribution in [3.8, 4) is 11.5 Å². The number of ether oxygens (including phenoxy) is 2. The molecule has 1 fully saturated rings. The summed E-state index contributed by atoms with van der Waals surface area (Å²) < 4.78 is 10.4. The van der Waals surface area contributed by atoms with Gasteiger partial charge in [0.2, 0.25) is 0 Å². The summed E-state index contributed by atoms with van der Waals surface area (Å²) in [6.07, 6.45) is 2.51. The summed E-state index contributed by atoms with van der Waals surface area (Å²) in [5.74, 6) is 1.27. The second-order valence-corrected chi connectivity index (χ2v) is 5.00. The van der Waals surface area contributed by atoms with Crippen LogP contribution in [0.5, 0.6) is 11.5 Å². The Morgan fingerprint density at radius 2 is 2.00 bits per heavy atom. The van der Waals surface area contributed by atoms with Crippen molar-refractivity contribution in [3.05, 3.63) is 18.2 Å². The monoisotopic (exact) mass is 293 g/mol. The predicted octanol–water partition coefficient (Wildman–Crippen LogP) is 1.92. The summed E-state index contributed by atoms with van der Waals surface area (Å²) >= 11 is 0. The van der Waals surface area contributed by atoms with Gasteiger partial charge in [0, 0.05) is 19.2 Å². The third kappa shape index (κ3) is 4.53. The highest BCUT2D eigenvalue weighted by Gasteiger charge is 2.12. The molecule has 6 heteroatoms. The van der Waals surface area contributed by atoms with Crippen molar-refractivity contribution in [1.29, 1.82) is 0 Å². The molecule has 0 unspecified atom stereocenters. The van der Waals surface area contributed by atoms with Gasteiger partial charge in [-0.3, -0.25) is 0 Å². The van der Waals surface area contributed by atoms with Crippen LogP contribution >= 0.6 is 0 Å². The fraction of sp³-hybridized carbons (Fsp3) is 0.533. The number of benzene rings is 1. The van der Waals surface area contributed by atoms with Gasteiger partial charge < -0.3 is 25.0 Å². The van der Waals surface area contributed by atoms with E-state index in [1.165, 1.54) is 12.8 Å². The van der Waals surface area contributed by atoms with Gasteiger partial charge in [-0.15, -0.1) is 0 Å². The molecule has 6 nitrogen and oxygen atoms in total. The Morgan fingerprint density at radius 3 is 2.67 bits per heavy atom. The number of hydrogen-bond donors (Lipinski definition) is 2. The zero-order valence-electron chi connectivity index (χ0n) is 12.6. The fourth-order valence-corrected chi connectivity index (χ4v) is 2.41. The number of urea groups is 1. The molecule has 2 N–H and O–H groups in total. The van der Waals surface area contributed by atoms with Gasteiger partial charge >= 0.3 is 6.03 Å². The molecule has 21 heavy (non-hydrogen) atoms. The molecule has 116 valence electrons. The Morgan fingerprint density at radius 1 is 1.24 bits per heavy atom. The third-order valence-electron chi connectivity index (χ3n) is 3.57. The summed E-state index contributed by atoms with van der Waals surface area (Å²) in [6, 6.07) is 5.05. The lowest BCUT2D eigenvalue weighted by Gasteiger charge is -2.16. The SMILES string of the molecule is COc1ccc(OC)c(NC(=O)NCCN2CCCC2)c1. The van der Waals surface area contributed by atoms with Crippen molar-refractivity contribution in [3.63, 3.8) is 0 Å². The smallest absolute Gasteiger partial charge is 0.319 e. The molecule has 0 aromatic heterocycles. The van der Waals surface area contributed by atoms with Gasteiger partial charge in [0.05, 0.1) is 19.9 Å². The Balaban J connectivity index is 1.83. The molecule has 0 saturated carbocycles. The first-order valence-electron chi connectivity index (χ1n) is 7.22. The van der Waals surface area contributed by atoms with Crippen LogP contribution in [-0.4, -0.2) is 51.3 Å². The van der Waals surface area contributed by atoms with Crippen LogP contribution in [0.25, 0.3) is 0 Å². The van der Waals surface area contributed by atoms with E-state index in [1.807, 2.05) is 0 Å². The molecule has 1 saturated heterocycles. The molecule has 1 aromatic rings. The van der Waals surface area contributed by atoms with Crippen molar-refractivity contribution in [2.24, 2.45) is 0 Å². The first-order valence-corrected chi connectivity index (χ1v) is 7.22. The largest absolute Gasteiger partial charge is 0.497 e. The zero-order chi connectivity index (χ0) is 15.1. The Kier molecular flexibility index (Phi) is 5.68. The number of anilines is 1. The number of carbonyl (C=O) groups is 1. The number of methoxy groups -OCH3 is 2. The minimum atomic E-state index is -0.235. The highest BCUT2D eigenvalue weighted by molar-refractivity contribution is 5.91. The number of likely N-dealkylation sites (tertiary alicyclic amines) is 1. The van der Waals surface area contributed by atoms with Crippen LogP contribution in [0, 0.1) is 0 Å². The van der Waals surface area contributed by atoms with E-state index in [0.29, 0.717) is 23.7 Å². The molecule has 1 heterocycles. The van der Waals surface area contributed by atoms with Crippen molar-refractivity contribution in [2.45, 2.75) is 12.8 Å². The third-order valence-corrected chi connectivity index (χ3v) is 3.57. The van der Waals surface area contributed by atoms with Crippen LogP contribution in [0.2, 0.25) is 0 Å². The van der Waals surface area contributed by atoms with Crippen LogP contribution in [0.3, 0.4) is 0 Å². The summed E-state index contributed by atoms with van der Waals surface area (Å²) in [4.78, 5) is 14.3. The molecule has 0 spiro atoms. The Hall–Kier alpha value is -1.95. The lowest BCUT2D eigenvalue weighted by molar-refractivity contribution is 0.249. The lowest BCUT2D eigenvalue weighted by atomic mass is 10.2. The highest BCUT2D eigenvalue weighted by Crippen LogP contribution is 2.28. The van der Waals surface area contributed by atoms with E-state index < -0.39 is 0 Å². The van der Waals surface area contributed by atoms with Crippen LogP contribution < -0.4 is 20.1 Å². The van der Waals surface area contributed by atoms with E-state index in [9.17, 15) is 4.79 Å². The van der Waals surface area contributed by atoms with Gasteiger partial charge in [0.15, 0.2) is 0 Å². The molecule has 0 bridgehead atoms. The van der Waals surface area contributed by atoms with Crippen molar-refractivity contribution in [2.75, 3.05) is 45.7 Å². The first-order chi connectivity index (χ1) is 10.2. The number of nitrogens with one attached hydrogen (secondary N) is 2. The second-order valence-electron chi connectivity index (χ2n) is 5.00. The molecule has 2 rings (SSSR count). The molecule has 1 aliphatic heterocycles. The first kappa shape index (κ1) is 15.4. The summed E-state index contributed by atoms with van der Waals surface area (Å²) in [7, 11) is 3.15. The van der Waals surface area contributed by atoms with Gasteiger partial charge in [-0.2, -0.15) is 0 Å². The van der Waals surface area contributed by atoms with Gasteiger partial charge in [-0.05, 0) is 38.1 Å². The Labute approximate surface area is 125 Å². The molecule has 1 aromatic carbocycles. The van der Waals surface area contributed by atoms with E-state index in [2.05, 4.69) is 15.5 Å². The van der Waals surface area contributed by atoms with Crippen molar-refractivity contribution >= 4 is 11.7 Å². The van der Waals surface area contributed by atoms with E-state index in [0.717, 1.165) is 19.6 Å². The number of amides is 2. The molecule has 1 aliphatic rings. The van der Waals surface area contributed by atoms with E-state index in [1.54, 1.807) is 32.4 Å². The molecule has 0 radical (unpaired) electrons. The fourth-order valence-electron chi connectivity index (χ4n) is 2.41. The topological polar surface area (TPSA) is 62.8 Å². The van der Waals surface area contributed by atoms with Gasteiger partial charge in [-0.25, -0.2) is 4.79 Å². The maximum atomic E-state index is 11.9. The number of carbonyl (C=O) groups excluding carboxylic acids is 1. The second kappa shape index (κ2) is 7.73. The van der Waals surface area contributed by atoms with Gasteiger partial charge in [-0.1, -0.05) is 0 Å². The van der Waals surface area contributed by atoms with Crippen molar-refractivity contribution < 1.29 is 14.3 Å². The molecule has 0 aliphatic carbocycles. The zero-order valence-corrected chi connectivity index (χ0v) is 12.6. The van der Waals surface area contributed by atoms with E-state index in [-0.39, 0.29) is 6.03 Å². The van der Waals surface area contributed by atoms with Crippen LogP contribution in [0.1, 0.15) is 12.8 Å². The predicted molar refractivity (Wildman–Crippen MR) is 82.2 cm³/mol. The van der Waals surface area contributed by atoms with Gasteiger partial charge in [0.25, 0.3) is 0 Å². The highest BCUT2D eigenvalue weighted by atomic mass is 16.5.